The molecule has 0 saturated carbocycles. The lowest BCUT2D eigenvalue weighted by atomic mass is 10.0. The predicted molar refractivity (Wildman–Crippen MR) is 78.9 cm³/mol. The third kappa shape index (κ3) is 3.62. The van der Waals surface area contributed by atoms with Gasteiger partial charge in [0.05, 0.1) is 0 Å². The summed E-state index contributed by atoms with van der Waals surface area (Å²) >= 11 is 0. The Morgan fingerprint density at radius 3 is 2.25 bits per heavy atom. The van der Waals surface area contributed by atoms with Crippen LogP contribution in [-0.4, -0.2) is 11.9 Å². The number of benzene rings is 2. The van der Waals surface area contributed by atoms with E-state index in [2.05, 4.69) is 16.1 Å². The Kier molecular flexibility index (Phi) is 5.03. The van der Waals surface area contributed by atoms with Gasteiger partial charge in [0, 0.05) is 18.6 Å². The largest absolute Gasteiger partial charge is 0.424 e. The van der Waals surface area contributed by atoms with Crippen LogP contribution in [0.15, 0.2) is 43.0 Å². The molecule has 0 amide bonds. The van der Waals surface area contributed by atoms with Crippen LogP contribution in [0.2, 0.25) is 0 Å². The van der Waals surface area contributed by atoms with E-state index in [4.69, 9.17) is 0 Å². The van der Waals surface area contributed by atoms with Crippen molar-refractivity contribution < 1.29 is 32.2 Å². The second-order valence-corrected chi connectivity index (χ2v) is 4.60. The monoisotopic (exact) mass is 336 g/mol. The highest BCUT2D eigenvalue weighted by Crippen LogP contribution is 2.32. The maximum absolute atomic E-state index is 14.1. The second-order valence-electron chi connectivity index (χ2n) is 4.60. The predicted octanol–water partition coefficient (Wildman–Crippen LogP) is 3.79. The first kappa shape index (κ1) is 17.3. The Morgan fingerprint density at radius 1 is 1.00 bits per heavy atom. The van der Waals surface area contributed by atoms with Crippen molar-refractivity contribution in [3.8, 4) is 22.6 Å². The van der Waals surface area contributed by atoms with Crippen LogP contribution in [0.4, 0.5) is 13.2 Å². The number of ether oxygens (including phenoxy) is 2. The van der Waals surface area contributed by atoms with Crippen LogP contribution in [0.5, 0.6) is 11.5 Å². The van der Waals surface area contributed by atoms with Gasteiger partial charge < -0.3 is 9.47 Å². The van der Waals surface area contributed by atoms with Crippen molar-refractivity contribution in [1.82, 2.24) is 0 Å². The molecule has 2 aromatic carbocycles. The lowest BCUT2D eigenvalue weighted by molar-refractivity contribution is -0.132. The van der Waals surface area contributed by atoms with Crippen molar-refractivity contribution in [1.29, 1.82) is 0 Å². The Labute approximate surface area is 135 Å². The van der Waals surface area contributed by atoms with E-state index >= 15 is 0 Å². The number of rotatable bonds is 4. The van der Waals surface area contributed by atoms with E-state index in [1.54, 1.807) is 0 Å². The summed E-state index contributed by atoms with van der Waals surface area (Å²) in [6.07, 6.45) is 0.800. The van der Waals surface area contributed by atoms with E-state index in [-0.39, 0.29) is 16.9 Å². The molecule has 0 N–H and O–H groups in total. The third-order valence-electron chi connectivity index (χ3n) is 2.92. The van der Waals surface area contributed by atoms with Crippen molar-refractivity contribution in [3.63, 3.8) is 0 Å². The first-order valence-corrected chi connectivity index (χ1v) is 6.64. The minimum Gasteiger partial charge on any atom is -0.424 e. The fourth-order valence-corrected chi connectivity index (χ4v) is 1.89. The van der Waals surface area contributed by atoms with E-state index in [0.29, 0.717) is 0 Å². The molecule has 0 fully saturated rings. The maximum atomic E-state index is 14.1. The van der Waals surface area contributed by atoms with E-state index in [1.807, 2.05) is 0 Å². The quantitative estimate of drug-likeness (QED) is 0.484. The average Bonchev–Trinajstić information content (AvgIpc) is 2.53. The minimum atomic E-state index is -1.40. The Hall–Kier alpha value is -3.09. The van der Waals surface area contributed by atoms with E-state index in [1.165, 1.54) is 6.07 Å². The molecule has 0 aliphatic heterocycles. The number of hydrogen-bond acceptors (Lipinski definition) is 4. The number of halogens is 3. The summed E-state index contributed by atoms with van der Waals surface area (Å²) in [4.78, 5) is 21.9. The van der Waals surface area contributed by atoms with Crippen LogP contribution >= 0.6 is 0 Å². The molecule has 124 valence electrons. The zero-order chi connectivity index (χ0) is 17.9. The molecule has 7 heteroatoms. The van der Waals surface area contributed by atoms with Gasteiger partial charge in [0.1, 0.15) is 0 Å². The molecule has 0 unspecified atom stereocenters. The van der Waals surface area contributed by atoms with Gasteiger partial charge in [-0.2, -0.15) is 4.39 Å². The molecule has 2 aromatic rings. The van der Waals surface area contributed by atoms with Gasteiger partial charge in [-0.1, -0.05) is 12.6 Å². The molecule has 0 bridgehead atoms. The molecule has 2 rings (SSSR count). The Bertz CT molecular complexity index is 831. The van der Waals surface area contributed by atoms with Gasteiger partial charge >= 0.3 is 11.9 Å². The summed E-state index contributed by atoms with van der Waals surface area (Å²) in [5.74, 6) is -6.23. The molecule has 0 atom stereocenters. The van der Waals surface area contributed by atoms with Crippen molar-refractivity contribution in [2.75, 3.05) is 0 Å². The summed E-state index contributed by atoms with van der Waals surface area (Å²) in [5, 5.41) is 0. The maximum Gasteiger partial charge on any atom is 0.335 e. The molecule has 0 saturated heterocycles. The highest BCUT2D eigenvalue weighted by atomic mass is 19.2. The van der Waals surface area contributed by atoms with Crippen LogP contribution in [0.1, 0.15) is 6.92 Å². The molecule has 0 aromatic heterocycles. The zero-order valence-corrected chi connectivity index (χ0v) is 12.4. The van der Waals surface area contributed by atoms with Gasteiger partial charge in [-0.25, -0.2) is 13.6 Å². The average molecular weight is 336 g/mol. The Balaban J connectivity index is 2.41. The van der Waals surface area contributed by atoms with Gasteiger partial charge in [-0.3, -0.25) is 4.79 Å². The molecule has 0 aliphatic carbocycles. The topological polar surface area (TPSA) is 52.6 Å². The first-order chi connectivity index (χ1) is 11.3. The smallest absolute Gasteiger partial charge is 0.335 e. The van der Waals surface area contributed by atoms with Gasteiger partial charge in [0.25, 0.3) is 0 Å². The number of carbonyl (C=O) groups excluding carboxylic acids is 2. The summed E-state index contributed by atoms with van der Waals surface area (Å²) in [7, 11) is 0. The fourth-order valence-electron chi connectivity index (χ4n) is 1.89. The summed E-state index contributed by atoms with van der Waals surface area (Å²) in [6, 6.07) is 5.44. The lowest BCUT2D eigenvalue weighted by Gasteiger charge is -2.10. The van der Waals surface area contributed by atoms with Gasteiger partial charge in [0.15, 0.2) is 23.1 Å². The number of carbonyl (C=O) groups is 2. The lowest BCUT2D eigenvalue weighted by Crippen LogP contribution is -2.06. The van der Waals surface area contributed by atoms with Gasteiger partial charge in [-0.05, 0) is 29.8 Å². The van der Waals surface area contributed by atoms with Crippen molar-refractivity contribution in [2.45, 2.75) is 6.92 Å². The summed E-state index contributed by atoms with van der Waals surface area (Å²) < 4.78 is 51.1. The number of hydrogen-bond donors (Lipinski definition) is 0. The van der Waals surface area contributed by atoms with Crippen molar-refractivity contribution in [2.24, 2.45) is 0 Å². The first-order valence-electron chi connectivity index (χ1n) is 6.64. The molecular weight excluding hydrogens is 325 g/mol. The molecule has 24 heavy (non-hydrogen) atoms. The van der Waals surface area contributed by atoms with Gasteiger partial charge in [-0.15, -0.1) is 0 Å². The third-order valence-corrected chi connectivity index (χ3v) is 2.92. The van der Waals surface area contributed by atoms with Gasteiger partial charge in [0.2, 0.25) is 5.82 Å². The van der Waals surface area contributed by atoms with Crippen LogP contribution in [0.3, 0.4) is 0 Å². The van der Waals surface area contributed by atoms with Crippen molar-refractivity contribution >= 4 is 11.9 Å². The highest BCUT2D eigenvalue weighted by Gasteiger charge is 2.18. The molecule has 0 spiro atoms. The molecular formula is C17H11F3O4. The van der Waals surface area contributed by atoms with Crippen LogP contribution in [-0.2, 0) is 9.59 Å². The Morgan fingerprint density at radius 2 is 1.67 bits per heavy atom. The minimum absolute atomic E-state index is 0.0152. The van der Waals surface area contributed by atoms with E-state index in [0.717, 1.165) is 37.3 Å². The SMILES string of the molecule is C=CC(=O)Oc1ccc(-c2ccc(OC(C)=O)c(F)c2)c(F)c1F. The van der Waals surface area contributed by atoms with Crippen LogP contribution < -0.4 is 9.47 Å². The van der Waals surface area contributed by atoms with Crippen LogP contribution in [0.25, 0.3) is 11.1 Å². The highest BCUT2D eigenvalue weighted by molar-refractivity contribution is 5.83. The number of esters is 2. The summed E-state index contributed by atoms with van der Waals surface area (Å²) in [6.45, 7) is 4.25. The van der Waals surface area contributed by atoms with Crippen LogP contribution in [0, 0.1) is 17.5 Å². The summed E-state index contributed by atoms with van der Waals surface area (Å²) in [5.41, 5.74) is -0.236. The second kappa shape index (κ2) is 6.99. The normalized spacial score (nSPS) is 10.2. The molecule has 0 radical (unpaired) electrons. The molecule has 0 aliphatic rings. The zero-order valence-electron chi connectivity index (χ0n) is 12.4. The van der Waals surface area contributed by atoms with Crippen molar-refractivity contribution in [3.05, 3.63) is 60.4 Å². The molecule has 0 heterocycles. The fraction of sp³-hybridized carbons (Fsp3) is 0.0588. The standard InChI is InChI=1S/C17H11F3O4/c1-3-15(22)24-14-7-5-11(16(19)17(14)20)10-4-6-13(12(18)8-10)23-9(2)21/h3-8H,1H2,2H3. The van der Waals surface area contributed by atoms with E-state index < -0.39 is 35.1 Å². The van der Waals surface area contributed by atoms with E-state index in [9.17, 15) is 22.8 Å². The molecule has 4 nitrogen and oxygen atoms in total.